The number of halogens is 2. The van der Waals surface area contributed by atoms with Gasteiger partial charge >= 0.3 is 5.97 Å². The van der Waals surface area contributed by atoms with Crippen LogP contribution in [0.5, 0.6) is 0 Å². The van der Waals surface area contributed by atoms with Crippen LogP contribution in [0.3, 0.4) is 0 Å². The van der Waals surface area contributed by atoms with Crippen LogP contribution in [0.4, 0.5) is 4.39 Å². The van der Waals surface area contributed by atoms with E-state index >= 15 is 0 Å². The quantitative estimate of drug-likeness (QED) is 0.736. The van der Waals surface area contributed by atoms with Gasteiger partial charge in [-0.2, -0.15) is 14.6 Å². The molecule has 0 spiro atoms. The third-order valence-corrected chi connectivity index (χ3v) is 3.56. The lowest BCUT2D eigenvalue weighted by Gasteiger charge is -2.10. The summed E-state index contributed by atoms with van der Waals surface area (Å²) in [4.78, 5) is 19.4. The van der Waals surface area contributed by atoms with Gasteiger partial charge in [0.15, 0.2) is 5.69 Å². The van der Waals surface area contributed by atoms with E-state index in [0.717, 1.165) is 10.1 Å². The molecule has 2 aromatic heterocycles. The van der Waals surface area contributed by atoms with Gasteiger partial charge in [-0.15, -0.1) is 0 Å². The molecule has 0 saturated heterocycles. The van der Waals surface area contributed by atoms with Crippen molar-refractivity contribution >= 4 is 29.0 Å². The topological polar surface area (TPSA) is 92.4 Å². The third-order valence-electron chi connectivity index (χ3n) is 3.27. The van der Waals surface area contributed by atoms with E-state index in [2.05, 4.69) is 27.0 Å². The second-order valence-corrected chi connectivity index (χ2v) is 5.29. The Bertz CT molecular complexity index is 956. The van der Waals surface area contributed by atoms with Crippen LogP contribution in [0.2, 0.25) is 5.02 Å². The molecule has 0 fully saturated rings. The number of rotatable bonds is 5. The SMILES string of the molecule is C=C(NCc1ccc(F)c(Cl)c1)c1cc(C(=O)O)n2ncnc2n1. The molecule has 7 nitrogen and oxygen atoms in total. The molecule has 0 atom stereocenters. The van der Waals surface area contributed by atoms with E-state index in [9.17, 15) is 14.3 Å². The molecule has 2 N–H and O–H groups in total. The highest BCUT2D eigenvalue weighted by Crippen LogP contribution is 2.17. The maximum atomic E-state index is 13.1. The van der Waals surface area contributed by atoms with Crippen molar-refractivity contribution in [1.82, 2.24) is 24.9 Å². The van der Waals surface area contributed by atoms with Gasteiger partial charge in [0.1, 0.15) is 12.1 Å². The van der Waals surface area contributed by atoms with Gasteiger partial charge in [-0.1, -0.05) is 24.2 Å². The normalized spacial score (nSPS) is 10.8. The summed E-state index contributed by atoms with van der Waals surface area (Å²) in [5.74, 6) is -1.51. The number of fused-ring (bicyclic) bond motifs is 1. The molecular weight excluding hydrogens is 337 g/mol. The third kappa shape index (κ3) is 3.04. The summed E-state index contributed by atoms with van der Waals surface area (Å²) in [5, 5.41) is 16.1. The van der Waals surface area contributed by atoms with Gasteiger partial charge in [0.2, 0.25) is 0 Å². The Morgan fingerprint density at radius 3 is 2.92 bits per heavy atom. The minimum atomic E-state index is -1.16. The summed E-state index contributed by atoms with van der Waals surface area (Å²) in [6.07, 6.45) is 1.22. The van der Waals surface area contributed by atoms with Gasteiger partial charge in [0, 0.05) is 6.54 Å². The van der Waals surface area contributed by atoms with Gasteiger partial charge in [-0.05, 0) is 23.8 Å². The monoisotopic (exact) mass is 347 g/mol. The van der Waals surface area contributed by atoms with Crippen molar-refractivity contribution in [2.45, 2.75) is 6.54 Å². The van der Waals surface area contributed by atoms with E-state index in [1.165, 1.54) is 24.5 Å². The summed E-state index contributed by atoms with van der Waals surface area (Å²) in [6, 6.07) is 5.69. The largest absolute Gasteiger partial charge is 0.477 e. The van der Waals surface area contributed by atoms with E-state index in [-0.39, 0.29) is 16.5 Å². The standard InChI is InChI=1S/C15H11ClFN5O2/c1-8(18-6-9-2-3-11(17)10(16)4-9)12-5-13(14(23)24)22-15(21-12)19-7-20-22/h2-5,7,18H,1,6H2,(H,23,24). The average molecular weight is 348 g/mol. The number of benzene rings is 1. The number of nitrogens with zero attached hydrogens (tertiary/aromatic N) is 4. The van der Waals surface area contributed by atoms with Crippen LogP contribution in [0.15, 0.2) is 37.2 Å². The van der Waals surface area contributed by atoms with Crippen molar-refractivity contribution in [3.8, 4) is 0 Å². The molecule has 0 bridgehead atoms. The summed E-state index contributed by atoms with van der Waals surface area (Å²) >= 11 is 5.73. The maximum absolute atomic E-state index is 13.1. The van der Waals surface area contributed by atoms with Crippen molar-refractivity contribution < 1.29 is 14.3 Å². The molecule has 3 aromatic rings. The van der Waals surface area contributed by atoms with Crippen molar-refractivity contribution in [1.29, 1.82) is 0 Å². The predicted molar refractivity (Wildman–Crippen MR) is 85.0 cm³/mol. The Balaban J connectivity index is 1.83. The molecule has 0 aliphatic carbocycles. The second kappa shape index (κ2) is 6.25. The van der Waals surface area contributed by atoms with Gasteiger partial charge in [-0.25, -0.2) is 14.2 Å². The molecule has 1 aromatic carbocycles. The van der Waals surface area contributed by atoms with Crippen LogP contribution in [-0.4, -0.2) is 30.7 Å². The Morgan fingerprint density at radius 2 is 2.21 bits per heavy atom. The Hall–Kier alpha value is -3.00. The number of nitrogens with one attached hydrogen (secondary N) is 1. The van der Waals surface area contributed by atoms with Gasteiger partial charge < -0.3 is 10.4 Å². The highest BCUT2D eigenvalue weighted by Gasteiger charge is 2.15. The molecule has 0 amide bonds. The molecule has 24 heavy (non-hydrogen) atoms. The lowest BCUT2D eigenvalue weighted by molar-refractivity contribution is 0.0687. The van der Waals surface area contributed by atoms with Crippen molar-refractivity contribution in [2.75, 3.05) is 0 Å². The highest BCUT2D eigenvalue weighted by molar-refractivity contribution is 6.30. The molecule has 3 rings (SSSR count). The summed E-state index contributed by atoms with van der Waals surface area (Å²) in [7, 11) is 0. The van der Waals surface area contributed by atoms with Gasteiger partial charge in [-0.3, -0.25) is 0 Å². The molecule has 2 heterocycles. The van der Waals surface area contributed by atoms with E-state index < -0.39 is 11.8 Å². The van der Waals surface area contributed by atoms with Crippen LogP contribution in [0, 0.1) is 5.82 Å². The van der Waals surface area contributed by atoms with E-state index in [4.69, 9.17) is 11.6 Å². The fraction of sp³-hybridized carbons (Fsp3) is 0.0667. The smallest absolute Gasteiger partial charge is 0.354 e. The first-order chi connectivity index (χ1) is 11.5. The van der Waals surface area contributed by atoms with Crippen LogP contribution in [-0.2, 0) is 6.54 Å². The van der Waals surface area contributed by atoms with Crippen LogP contribution >= 0.6 is 11.6 Å². The van der Waals surface area contributed by atoms with Crippen LogP contribution < -0.4 is 5.32 Å². The van der Waals surface area contributed by atoms with E-state index in [0.29, 0.717) is 17.9 Å². The first-order valence-electron chi connectivity index (χ1n) is 6.77. The zero-order chi connectivity index (χ0) is 17.3. The minimum absolute atomic E-state index is 0.0241. The number of hydrogen-bond donors (Lipinski definition) is 2. The molecule has 9 heteroatoms. The number of aromatic carboxylic acids is 1. The summed E-state index contributed by atoms with van der Waals surface area (Å²) in [6.45, 7) is 4.16. The van der Waals surface area contributed by atoms with Gasteiger partial charge in [0.25, 0.3) is 5.78 Å². The van der Waals surface area contributed by atoms with Crippen LogP contribution in [0.25, 0.3) is 11.5 Å². The van der Waals surface area contributed by atoms with Crippen molar-refractivity contribution in [3.05, 3.63) is 65.0 Å². The van der Waals surface area contributed by atoms with Crippen molar-refractivity contribution in [3.63, 3.8) is 0 Å². The molecule has 0 saturated carbocycles. The molecule has 122 valence electrons. The zero-order valence-electron chi connectivity index (χ0n) is 12.2. The number of carboxylic acid groups (broad SMARTS) is 1. The average Bonchev–Trinajstić information content (AvgIpc) is 3.03. The van der Waals surface area contributed by atoms with Crippen LogP contribution in [0.1, 0.15) is 21.7 Å². The lowest BCUT2D eigenvalue weighted by Crippen LogP contribution is -2.15. The Kier molecular flexibility index (Phi) is 4.13. The Labute approximate surface area is 140 Å². The number of hydrogen-bond acceptors (Lipinski definition) is 5. The fourth-order valence-corrected chi connectivity index (χ4v) is 2.27. The summed E-state index contributed by atoms with van der Waals surface area (Å²) in [5.41, 5.74) is 1.37. The molecule has 0 radical (unpaired) electrons. The number of aromatic nitrogens is 4. The Morgan fingerprint density at radius 1 is 1.42 bits per heavy atom. The number of carboxylic acids is 1. The van der Waals surface area contributed by atoms with E-state index in [1.54, 1.807) is 6.07 Å². The zero-order valence-corrected chi connectivity index (χ0v) is 13.0. The first-order valence-corrected chi connectivity index (χ1v) is 7.14. The van der Waals surface area contributed by atoms with E-state index in [1.807, 2.05) is 0 Å². The molecule has 0 aliphatic rings. The first kappa shape index (κ1) is 15.9. The predicted octanol–water partition coefficient (Wildman–Crippen LogP) is 2.38. The second-order valence-electron chi connectivity index (χ2n) is 4.88. The fourth-order valence-electron chi connectivity index (χ4n) is 2.07. The molecule has 0 aliphatic heterocycles. The van der Waals surface area contributed by atoms with Gasteiger partial charge in [0.05, 0.1) is 16.4 Å². The number of carbonyl (C=O) groups is 1. The minimum Gasteiger partial charge on any atom is -0.477 e. The highest BCUT2D eigenvalue weighted by atomic mass is 35.5. The van der Waals surface area contributed by atoms with Crippen molar-refractivity contribution in [2.24, 2.45) is 0 Å². The lowest BCUT2D eigenvalue weighted by atomic mass is 10.2. The molecular formula is C15H11ClFN5O2. The molecule has 0 unspecified atom stereocenters. The summed E-state index contributed by atoms with van der Waals surface area (Å²) < 4.78 is 14.3. The maximum Gasteiger partial charge on any atom is 0.354 e.